The first kappa shape index (κ1) is 23.0. The van der Waals surface area contributed by atoms with Gasteiger partial charge in [-0.15, -0.1) is 0 Å². The number of piperidine rings is 2. The second kappa shape index (κ2) is 10.1. The van der Waals surface area contributed by atoms with E-state index in [1.54, 1.807) is 36.3 Å². The summed E-state index contributed by atoms with van der Waals surface area (Å²) in [5.41, 5.74) is 1.10. The third-order valence-corrected chi connectivity index (χ3v) is 6.70. The highest BCUT2D eigenvalue weighted by molar-refractivity contribution is 5.98. The normalized spacial score (nSPS) is 19.3. The molecule has 2 heterocycles. The van der Waals surface area contributed by atoms with Gasteiger partial charge in [0.2, 0.25) is 5.91 Å². The van der Waals surface area contributed by atoms with Gasteiger partial charge in [-0.3, -0.25) is 14.4 Å². The number of methoxy groups -OCH3 is 1. The van der Waals surface area contributed by atoms with Crippen molar-refractivity contribution in [2.45, 2.75) is 25.7 Å². The summed E-state index contributed by atoms with van der Waals surface area (Å²) in [6, 6.07) is 12.7. The van der Waals surface area contributed by atoms with Crippen LogP contribution in [0.2, 0.25) is 0 Å². The van der Waals surface area contributed by atoms with E-state index in [1.807, 2.05) is 4.90 Å². The largest absolute Gasteiger partial charge is 0.497 e. The third-order valence-electron chi connectivity index (χ3n) is 6.70. The number of nitrogens with zero attached hydrogens (tertiary/aromatic N) is 2. The highest BCUT2D eigenvalue weighted by Gasteiger charge is 2.34. The smallest absolute Gasteiger partial charge is 0.253 e. The van der Waals surface area contributed by atoms with Crippen LogP contribution in [0.1, 0.15) is 46.4 Å². The average molecular weight is 453 g/mol. The number of carbonyl (C=O) groups is 3. The second-order valence-electron chi connectivity index (χ2n) is 8.79. The number of likely N-dealkylation sites (tertiary alicyclic amines) is 2. The van der Waals surface area contributed by atoms with Crippen molar-refractivity contribution in [3.8, 4) is 5.75 Å². The van der Waals surface area contributed by atoms with Crippen LogP contribution in [0.5, 0.6) is 5.75 Å². The molecular weight excluding hydrogens is 423 g/mol. The zero-order chi connectivity index (χ0) is 23.4. The average Bonchev–Trinajstić information content (AvgIpc) is 2.88. The van der Waals surface area contributed by atoms with Gasteiger partial charge in [-0.25, -0.2) is 4.39 Å². The predicted molar refractivity (Wildman–Crippen MR) is 122 cm³/mol. The number of hydrogen-bond acceptors (Lipinski definition) is 4. The van der Waals surface area contributed by atoms with Crippen molar-refractivity contribution in [3.05, 3.63) is 65.5 Å². The van der Waals surface area contributed by atoms with Crippen LogP contribution in [0.3, 0.4) is 0 Å². The Bertz CT molecular complexity index is 998. The van der Waals surface area contributed by atoms with E-state index < -0.39 is 0 Å². The lowest BCUT2D eigenvalue weighted by Crippen LogP contribution is -2.49. The molecular formula is C26H29FN2O4. The molecule has 2 aromatic rings. The number of ether oxygens (including phenoxy) is 1. The molecule has 174 valence electrons. The fourth-order valence-corrected chi connectivity index (χ4v) is 4.75. The molecule has 0 bridgehead atoms. The van der Waals surface area contributed by atoms with Gasteiger partial charge in [0, 0.05) is 43.2 Å². The van der Waals surface area contributed by atoms with Gasteiger partial charge in [0.05, 0.1) is 13.0 Å². The Balaban J connectivity index is 1.31. The minimum Gasteiger partial charge on any atom is -0.497 e. The summed E-state index contributed by atoms with van der Waals surface area (Å²) >= 11 is 0. The standard InChI is InChI=1S/C26H29FN2O4/c1-33-23-10-6-18(7-11-23)24(30)19-12-15-28(16-13-19)26(32)21-3-2-14-29(17-21)25(31)20-4-8-22(27)9-5-20/h4-11,19,21H,2-3,12-17H2,1H3. The molecule has 2 aliphatic rings. The van der Waals surface area contributed by atoms with Crippen LogP contribution < -0.4 is 4.74 Å². The van der Waals surface area contributed by atoms with Crippen molar-refractivity contribution in [1.29, 1.82) is 0 Å². The highest BCUT2D eigenvalue weighted by atomic mass is 19.1. The van der Waals surface area contributed by atoms with Crippen molar-refractivity contribution in [1.82, 2.24) is 9.80 Å². The van der Waals surface area contributed by atoms with E-state index in [1.165, 1.54) is 24.3 Å². The Hall–Kier alpha value is -3.22. The molecule has 2 saturated heterocycles. The number of carbonyl (C=O) groups excluding carboxylic acids is 3. The highest BCUT2D eigenvalue weighted by Crippen LogP contribution is 2.26. The molecule has 2 amide bonds. The molecule has 1 unspecified atom stereocenters. The number of rotatable bonds is 5. The summed E-state index contributed by atoms with van der Waals surface area (Å²) in [7, 11) is 1.59. The van der Waals surface area contributed by atoms with Gasteiger partial charge in [0.15, 0.2) is 5.78 Å². The quantitative estimate of drug-likeness (QED) is 0.647. The summed E-state index contributed by atoms with van der Waals surface area (Å²) in [4.78, 5) is 42.3. The van der Waals surface area contributed by atoms with Crippen LogP contribution >= 0.6 is 0 Å². The topological polar surface area (TPSA) is 66.9 Å². The van der Waals surface area contributed by atoms with Gasteiger partial charge in [0.1, 0.15) is 11.6 Å². The number of benzene rings is 2. The summed E-state index contributed by atoms with van der Waals surface area (Å²) in [6.45, 7) is 2.07. The molecule has 0 aromatic heterocycles. The Morgan fingerprint density at radius 2 is 1.45 bits per heavy atom. The van der Waals surface area contributed by atoms with E-state index in [2.05, 4.69) is 0 Å². The maximum atomic E-state index is 13.2. The Labute approximate surface area is 193 Å². The maximum absolute atomic E-state index is 13.2. The molecule has 2 aliphatic heterocycles. The van der Waals surface area contributed by atoms with Crippen molar-refractivity contribution in [3.63, 3.8) is 0 Å². The van der Waals surface area contributed by atoms with Crippen LogP contribution in [0.25, 0.3) is 0 Å². The van der Waals surface area contributed by atoms with E-state index in [9.17, 15) is 18.8 Å². The van der Waals surface area contributed by atoms with Crippen molar-refractivity contribution in [2.24, 2.45) is 11.8 Å². The van der Waals surface area contributed by atoms with Gasteiger partial charge < -0.3 is 14.5 Å². The predicted octanol–water partition coefficient (Wildman–Crippen LogP) is 3.81. The molecule has 33 heavy (non-hydrogen) atoms. The second-order valence-corrected chi connectivity index (χ2v) is 8.79. The van der Waals surface area contributed by atoms with Crippen LogP contribution in [-0.4, -0.2) is 60.7 Å². The first-order valence-electron chi connectivity index (χ1n) is 11.5. The zero-order valence-electron chi connectivity index (χ0n) is 18.8. The van der Waals surface area contributed by atoms with Crippen LogP contribution in [0.4, 0.5) is 4.39 Å². The lowest BCUT2D eigenvalue weighted by Gasteiger charge is -2.37. The molecule has 7 heteroatoms. The summed E-state index contributed by atoms with van der Waals surface area (Å²) in [6.07, 6.45) is 2.79. The van der Waals surface area contributed by atoms with E-state index >= 15 is 0 Å². The lowest BCUT2D eigenvalue weighted by molar-refractivity contribution is -0.138. The van der Waals surface area contributed by atoms with Gasteiger partial charge in [-0.05, 0) is 74.2 Å². The van der Waals surface area contributed by atoms with Crippen molar-refractivity contribution < 1.29 is 23.5 Å². The summed E-state index contributed by atoms with van der Waals surface area (Å²) in [5.74, 6) is -0.00222. The molecule has 0 N–H and O–H groups in total. The molecule has 0 saturated carbocycles. The van der Waals surface area contributed by atoms with Gasteiger partial charge in [0.25, 0.3) is 5.91 Å². The van der Waals surface area contributed by atoms with Crippen molar-refractivity contribution in [2.75, 3.05) is 33.3 Å². The monoisotopic (exact) mass is 452 g/mol. The number of Topliss-reactive ketones (excluding diaryl/α,β-unsaturated/α-hetero) is 1. The van der Waals surface area contributed by atoms with Gasteiger partial charge in [-0.2, -0.15) is 0 Å². The van der Waals surface area contributed by atoms with Crippen molar-refractivity contribution >= 4 is 17.6 Å². The third kappa shape index (κ3) is 5.24. The van der Waals surface area contributed by atoms with Gasteiger partial charge in [-0.1, -0.05) is 0 Å². The molecule has 2 aromatic carbocycles. The summed E-state index contributed by atoms with van der Waals surface area (Å²) < 4.78 is 18.3. The fraction of sp³-hybridized carbons (Fsp3) is 0.423. The SMILES string of the molecule is COc1ccc(C(=O)C2CCN(C(=O)C3CCCN(C(=O)c4ccc(F)cc4)C3)CC2)cc1. The number of hydrogen-bond donors (Lipinski definition) is 0. The van der Waals surface area contributed by atoms with E-state index in [0.29, 0.717) is 55.9 Å². The zero-order valence-corrected chi connectivity index (χ0v) is 18.8. The van der Waals surface area contributed by atoms with E-state index in [-0.39, 0.29) is 35.3 Å². The lowest BCUT2D eigenvalue weighted by atomic mass is 9.87. The molecule has 0 radical (unpaired) electrons. The fourth-order valence-electron chi connectivity index (χ4n) is 4.75. The minimum atomic E-state index is -0.382. The summed E-state index contributed by atoms with van der Waals surface area (Å²) in [5, 5.41) is 0. The molecule has 2 fully saturated rings. The van der Waals surface area contributed by atoms with E-state index in [4.69, 9.17) is 4.74 Å². The Morgan fingerprint density at radius 3 is 2.09 bits per heavy atom. The number of ketones is 1. The molecule has 1 atom stereocenters. The van der Waals surface area contributed by atoms with Crippen LogP contribution in [-0.2, 0) is 4.79 Å². The molecule has 4 rings (SSSR count). The Morgan fingerprint density at radius 1 is 0.818 bits per heavy atom. The first-order chi connectivity index (χ1) is 16.0. The molecule has 0 spiro atoms. The first-order valence-corrected chi connectivity index (χ1v) is 11.5. The van der Waals surface area contributed by atoms with Gasteiger partial charge >= 0.3 is 0 Å². The molecule has 0 aliphatic carbocycles. The molecule has 6 nitrogen and oxygen atoms in total. The van der Waals surface area contributed by atoms with Crippen LogP contribution in [0.15, 0.2) is 48.5 Å². The van der Waals surface area contributed by atoms with Crippen LogP contribution in [0, 0.1) is 17.7 Å². The minimum absolute atomic E-state index is 0.0574. The maximum Gasteiger partial charge on any atom is 0.253 e. The Kier molecular flexibility index (Phi) is 7.06. The number of halogens is 1. The van der Waals surface area contributed by atoms with E-state index in [0.717, 1.165) is 12.8 Å². The number of amides is 2.